The van der Waals surface area contributed by atoms with E-state index in [1.165, 1.54) is 31.4 Å². The van der Waals surface area contributed by atoms with E-state index in [-0.39, 0.29) is 23.7 Å². The van der Waals surface area contributed by atoms with Crippen LogP contribution in [0.5, 0.6) is 11.5 Å². The van der Waals surface area contributed by atoms with Crippen LogP contribution in [0.2, 0.25) is 0 Å². The van der Waals surface area contributed by atoms with Gasteiger partial charge in [-0.15, -0.1) is 0 Å². The fourth-order valence-corrected chi connectivity index (χ4v) is 2.06. The van der Waals surface area contributed by atoms with E-state index in [1.54, 1.807) is 24.3 Å². The van der Waals surface area contributed by atoms with Crippen molar-refractivity contribution in [2.75, 3.05) is 7.11 Å². The zero-order valence-corrected chi connectivity index (χ0v) is 12.2. The van der Waals surface area contributed by atoms with Gasteiger partial charge in [-0.1, -0.05) is 12.7 Å². The van der Waals surface area contributed by atoms with Crippen LogP contribution in [0.1, 0.15) is 32.7 Å². The van der Waals surface area contributed by atoms with Gasteiger partial charge in [-0.25, -0.2) is 0 Å². The van der Waals surface area contributed by atoms with Gasteiger partial charge in [-0.05, 0) is 42.5 Å². The Morgan fingerprint density at radius 1 is 1.09 bits per heavy atom. The molecule has 0 spiro atoms. The Balaban J connectivity index is 2.16. The second kappa shape index (κ2) is 6.72. The van der Waals surface area contributed by atoms with Crippen molar-refractivity contribution in [1.82, 2.24) is 0 Å². The molecule has 0 fully saturated rings. The van der Waals surface area contributed by atoms with Gasteiger partial charge in [0.1, 0.15) is 11.5 Å². The maximum atomic E-state index is 12.2. The molecule has 0 radical (unpaired) electrons. The molecule has 22 heavy (non-hydrogen) atoms. The predicted molar refractivity (Wildman–Crippen MR) is 84.5 cm³/mol. The largest absolute Gasteiger partial charge is 0.508 e. The van der Waals surface area contributed by atoms with E-state index < -0.39 is 0 Å². The molecule has 0 atom stereocenters. The van der Waals surface area contributed by atoms with Crippen LogP contribution >= 0.6 is 0 Å². The molecule has 2 aromatic carbocycles. The molecule has 112 valence electrons. The number of ether oxygens (including phenoxy) is 1. The van der Waals surface area contributed by atoms with Crippen LogP contribution in [-0.4, -0.2) is 23.8 Å². The van der Waals surface area contributed by atoms with Crippen LogP contribution in [0.25, 0.3) is 6.08 Å². The first-order chi connectivity index (χ1) is 10.5. The maximum absolute atomic E-state index is 12.2. The number of methoxy groups -OCH3 is 1. The quantitative estimate of drug-likeness (QED) is 0.654. The van der Waals surface area contributed by atoms with Crippen molar-refractivity contribution >= 4 is 17.6 Å². The van der Waals surface area contributed by atoms with E-state index in [0.717, 1.165) is 0 Å². The number of ketones is 2. The standard InChI is InChI=1S/C18H16O4/c1-3-12-10-14(6-9-18(12)22-2)17(21)11-16(20)13-4-7-15(19)8-5-13/h3-10,19H,1,11H2,2H3. The molecule has 0 aromatic heterocycles. The molecule has 2 rings (SSSR count). The average Bonchev–Trinajstić information content (AvgIpc) is 2.54. The number of aromatic hydroxyl groups is 1. The first-order valence-electron chi connectivity index (χ1n) is 6.71. The van der Waals surface area contributed by atoms with Crippen molar-refractivity contribution < 1.29 is 19.4 Å². The summed E-state index contributed by atoms with van der Waals surface area (Å²) in [5.74, 6) is 0.134. The fourth-order valence-electron chi connectivity index (χ4n) is 2.06. The van der Waals surface area contributed by atoms with Crippen LogP contribution in [0.3, 0.4) is 0 Å². The molecule has 4 nitrogen and oxygen atoms in total. The Kier molecular flexibility index (Phi) is 4.73. The van der Waals surface area contributed by atoms with Crippen molar-refractivity contribution in [3.63, 3.8) is 0 Å². The zero-order valence-electron chi connectivity index (χ0n) is 12.2. The Morgan fingerprint density at radius 3 is 2.27 bits per heavy atom. The van der Waals surface area contributed by atoms with Gasteiger partial charge in [0.2, 0.25) is 0 Å². The summed E-state index contributed by atoms with van der Waals surface area (Å²) >= 11 is 0. The number of phenols is 1. The number of benzene rings is 2. The van der Waals surface area contributed by atoms with Crippen molar-refractivity contribution in [2.45, 2.75) is 6.42 Å². The lowest BCUT2D eigenvalue weighted by Crippen LogP contribution is -2.09. The van der Waals surface area contributed by atoms with Gasteiger partial charge in [0.25, 0.3) is 0 Å². The average molecular weight is 296 g/mol. The van der Waals surface area contributed by atoms with Gasteiger partial charge in [0.05, 0.1) is 13.5 Å². The number of rotatable bonds is 6. The first kappa shape index (κ1) is 15.5. The molecule has 0 heterocycles. The van der Waals surface area contributed by atoms with Crippen LogP contribution in [-0.2, 0) is 0 Å². The minimum Gasteiger partial charge on any atom is -0.508 e. The van der Waals surface area contributed by atoms with E-state index in [0.29, 0.717) is 22.4 Å². The van der Waals surface area contributed by atoms with Crippen molar-refractivity contribution in [2.24, 2.45) is 0 Å². The van der Waals surface area contributed by atoms with E-state index in [1.807, 2.05) is 0 Å². The molecule has 0 saturated heterocycles. The lowest BCUT2D eigenvalue weighted by molar-refractivity contribution is 0.0894. The highest BCUT2D eigenvalue weighted by Crippen LogP contribution is 2.22. The highest BCUT2D eigenvalue weighted by Gasteiger charge is 2.15. The summed E-state index contributed by atoms with van der Waals surface area (Å²) in [5, 5.41) is 9.21. The smallest absolute Gasteiger partial charge is 0.170 e. The van der Waals surface area contributed by atoms with E-state index in [4.69, 9.17) is 4.74 Å². The lowest BCUT2D eigenvalue weighted by Gasteiger charge is -2.07. The molecule has 0 aliphatic carbocycles. The molecule has 0 aliphatic heterocycles. The third-order valence-electron chi connectivity index (χ3n) is 3.28. The Bertz CT molecular complexity index is 714. The highest BCUT2D eigenvalue weighted by atomic mass is 16.5. The zero-order chi connectivity index (χ0) is 16.1. The van der Waals surface area contributed by atoms with Gasteiger partial charge in [-0.2, -0.15) is 0 Å². The molecule has 0 unspecified atom stereocenters. The van der Waals surface area contributed by atoms with Gasteiger partial charge in [0, 0.05) is 16.7 Å². The Labute approximate surface area is 128 Å². The minimum atomic E-state index is -0.291. The van der Waals surface area contributed by atoms with Crippen molar-refractivity contribution in [1.29, 1.82) is 0 Å². The molecule has 0 bridgehead atoms. The molecule has 0 aliphatic rings. The normalized spacial score (nSPS) is 10.0. The van der Waals surface area contributed by atoms with Crippen LogP contribution in [0, 0.1) is 0 Å². The van der Waals surface area contributed by atoms with Gasteiger partial charge < -0.3 is 9.84 Å². The third-order valence-corrected chi connectivity index (χ3v) is 3.28. The molecule has 0 amide bonds. The number of carbonyl (C=O) groups excluding carboxylic acids is 2. The summed E-state index contributed by atoms with van der Waals surface area (Å²) in [7, 11) is 1.54. The molecular formula is C18H16O4. The second-order valence-electron chi connectivity index (χ2n) is 4.73. The number of phenolic OH excluding ortho intramolecular Hbond substituents is 1. The Hall–Kier alpha value is -2.88. The Morgan fingerprint density at radius 2 is 1.68 bits per heavy atom. The number of carbonyl (C=O) groups is 2. The second-order valence-corrected chi connectivity index (χ2v) is 4.73. The van der Waals surface area contributed by atoms with E-state index in [2.05, 4.69) is 6.58 Å². The summed E-state index contributed by atoms with van der Waals surface area (Å²) in [5.41, 5.74) is 1.52. The molecule has 1 N–H and O–H groups in total. The van der Waals surface area contributed by atoms with E-state index in [9.17, 15) is 14.7 Å². The topological polar surface area (TPSA) is 63.6 Å². The van der Waals surface area contributed by atoms with E-state index >= 15 is 0 Å². The van der Waals surface area contributed by atoms with Crippen molar-refractivity contribution in [3.8, 4) is 11.5 Å². The van der Waals surface area contributed by atoms with Gasteiger partial charge >= 0.3 is 0 Å². The summed E-state index contributed by atoms with van der Waals surface area (Å²) < 4.78 is 5.16. The summed E-state index contributed by atoms with van der Waals surface area (Å²) in [6.45, 7) is 3.67. The summed E-state index contributed by atoms with van der Waals surface area (Å²) in [6.07, 6.45) is 1.37. The SMILES string of the molecule is C=Cc1cc(C(=O)CC(=O)c2ccc(O)cc2)ccc1OC. The maximum Gasteiger partial charge on any atom is 0.170 e. The summed E-state index contributed by atoms with van der Waals surface area (Å²) in [6, 6.07) is 10.8. The van der Waals surface area contributed by atoms with Gasteiger partial charge in [-0.3, -0.25) is 9.59 Å². The molecule has 2 aromatic rings. The van der Waals surface area contributed by atoms with Gasteiger partial charge in [0.15, 0.2) is 11.6 Å². The minimum absolute atomic E-state index is 0.0775. The number of hydrogen-bond acceptors (Lipinski definition) is 4. The van der Waals surface area contributed by atoms with Crippen LogP contribution in [0.15, 0.2) is 49.0 Å². The third kappa shape index (κ3) is 3.41. The molecule has 0 saturated carbocycles. The van der Waals surface area contributed by atoms with Crippen LogP contribution in [0.4, 0.5) is 0 Å². The van der Waals surface area contributed by atoms with Crippen LogP contribution < -0.4 is 4.74 Å². The highest BCUT2D eigenvalue weighted by molar-refractivity contribution is 6.13. The fraction of sp³-hybridized carbons (Fsp3) is 0.111. The first-order valence-corrected chi connectivity index (χ1v) is 6.71. The van der Waals surface area contributed by atoms with Crippen molar-refractivity contribution in [3.05, 3.63) is 65.7 Å². The molecule has 4 heteroatoms. The number of Topliss-reactive ketones (excluding diaryl/α,β-unsaturated/α-hetero) is 2. The number of hydrogen-bond donors (Lipinski definition) is 1. The molecular weight excluding hydrogens is 280 g/mol. The predicted octanol–water partition coefficient (Wildman–Crippen LogP) is 3.50. The monoisotopic (exact) mass is 296 g/mol. The summed E-state index contributed by atoms with van der Waals surface area (Å²) in [4.78, 5) is 24.3. The lowest BCUT2D eigenvalue weighted by atomic mass is 9.99.